The lowest BCUT2D eigenvalue weighted by atomic mass is 10.1. The summed E-state index contributed by atoms with van der Waals surface area (Å²) in [5, 5.41) is 0. The molecule has 2 aromatic rings. The third-order valence-corrected chi connectivity index (χ3v) is 2.50. The maximum absolute atomic E-state index is 12.8. The second kappa shape index (κ2) is 8.30. The summed E-state index contributed by atoms with van der Waals surface area (Å²) in [7, 11) is 0. The molecule has 0 N–H and O–H groups in total. The summed E-state index contributed by atoms with van der Waals surface area (Å²) in [5.41, 5.74) is 2.07. The first-order valence-corrected chi connectivity index (χ1v) is 6.78. The van der Waals surface area contributed by atoms with E-state index in [4.69, 9.17) is 4.74 Å². The molecule has 0 aromatic heterocycles. The largest absolute Gasteiger partial charge is 0.494 e. The smallest absolute Gasteiger partial charge is 0.123 e. The zero-order chi connectivity index (χ0) is 14.1. The van der Waals surface area contributed by atoms with E-state index in [-0.39, 0.29) is 5.82 Å². The molecule has 1 nitrogen and oxygen atoms in total. The maximum Gasteiger partial charge on any atom is 0.123 e. The summed E-state index contributed by atoms with van der Waals surface area (Å²) in [6.07, 6.45) is 1.000. The highest BCUT2D eigenvalue weighted by Gasteiger charge is 1.99. The topological polar surface area (TPSA) is 9.23 Å². The van der Waals surface area contributed by atoms with E-state index < -0.39 is 0 Å². The van der Waals surface area contributed by atoms with Crippen LogP contribution in [-0.4, -0.2) is 6.61 Å². The third kappa shape index (κ3) is 4.74. The van der Waals surface area contributed by atoms with Gasteiger partial charge in [0, 0.05) is 0 Å². The normalized spacial score (nSPS) is 9.47. The van der Waals surface area contributed by atoms with Crippen molar-refractivity contribution in [2.45, 2.75) is 27.2 Å². The van der Waals surface area contributed by atoms with E-state index in [1.807, 2.05) is 38.1 Å². The van der Waals surface area contributed by atoms with Gasteiger partial charge >= 0.3 is 0 Å². The van der Waals surface area contributed by atoms with E-state index in [9.17, 15) is 4.39 Å². The van der Waals surface area contributed by atoms with Crippen molar-refractivity contribution in [1.82, 2.24) is 0 Å². The van der Waals surface area contributed by atoms with Crippen molar-refractivity contribution in [3.8, 4) is 16.9 Å². The minimum absolute atomic E-state index is 0.211. The van der Waals surface area contributed by atoms with Gasteiger partial charge in [0.2, 0.25) is 0 Å². The van der Waals surface area contributed by atoms with Crippen molar-refractivity contribution in [2.75, 3.05) is 6.61 Å². The molecule has 2 heteroatoms. The van der Waals surface area contributed by atoms with Gasteiger partial charge in [0.1, 0.15) is 11.6 Å². The molecule has 2 aromatic carbocycles. The van der Waals surface area contributed by atoms with Gasteiger partial charge in [-0.05, 0) is 41.8 Å². The van der Waals surface area contributed by atoms with Crippen LogP contribution < -0.4 is 4.74 Å². The van der Waals surface area contributed by atoms with Crippen LogP contribution in [0.15, 0.2) is 48.5 Å². The van der Waals surface area contributed by atoms with Crippen molar-refractivity contribution in [1.29, 1.82) is 0 Å². The SMILES string of the molecule is CC.CCCOc1ccc(-c2ccc(F)cc2)cc1. The standard InChI is InChI=1S/C15H15FO.C2H6/c1-2-11-17-15-9-5-13(6-10-15)12-3-7-14(16)8-4-12;1-2/h3-10H,2,11H2,1H3;1-2H3. The maximum atomic E-state index is 12.8. The lowest BCUT2D eigenvalue weighted by Gasteiger charge is -2.06. The lowest BCUT2D eigenvalue weighted by Crippen LogP contribution is -1.94. The molecule has 0 heterocycles. The van der Waals surface area contributed by atoms with Crippen molar-refractivity contribution < 1.29 is 9.13 Å². The Morgan fingerprint density at radius 1 is 0.842 bits per heavy atom. The minimum Gasteiger partial charge on any atom is -0.494 e. The van der Waals surface area contributed by atoms with Crippen molar-refractivity contribution in [3.63, 3.8) is 0 Å². The van der Waals surface area contributed by atoms with Gasteiger partial charge in [-0.15, -0.1) is 0 Å². The highest BCUT2D eigenvalue weighted by molar-refractivity contribution is 5.63. The van der Waals surface area contributed by atoms with E-state index in [0.29, 0.717) is 0 Å². The molecule has 0 unspecified atom stereocenters. The fourth-order valence-electron chi connectivity index (χ4n) is 1.61. The molecule has 0 amide bonds. The predicted molar refractivity (Wildman–Crippen MR) is 79.0 cm³/mol. The van der Waals surface area contributed by atoms with E-state index in [1.54, 1.807) is 12.1 Å². The number of hydrogen-bond donors (Lipinski definition) is 0. The molecule has 0 aliphatic rings. The summed E-state index contributed by atoms with van der Waals surface area (Å²) in [6, 6.07) is 14.3. The lowest BCUT2D eigenvalue weighted by molar-refractivity contribution is 0.317. The molecule has 0 spiro atoms. The Hall–Kier alpha value is -1.83. The van der Waals surface area contributed by atoms with E-state index in [0.717, 1.165) is 29.9 Å². The molecule has 0 saturated carbocycles. The first kappa shape index (κ1) is 15.2. The second-order valence-electron chi connectivity index (χ2n) is 3.88. The highest BCUT2D eigenvalue weighted by atomic mass is 19.1. The summed E-state index contributed by atoms with van der Waals surface area (Å²) in [5.74, 6) is 0.661. The van der Waals surface area contributed by atoms with Crippen LogP contribution in [0.1, 0.15) is 27.2 Å². The van der Waals surface area contributed by atoms with E-state index in [1.165, 1.54) is 12.1 Å². The second-order valence-corrected chi connectivity index (χ2v) is 3.88. The van der Waals surface area contributed by atoms with E-state index in [2.05, 4.69) is 6.92 Å². The Morgan fingerprint density at radius 3 is 1.79 bits per heavy atom. The van der Waals surface area contributed by atoms with Crippen LogP contribution >= 0.6 is 0 Å². The van der Waals surface area contributed by atoms with Gasteiger partial charge in [0.05, 0.1) is 6.61 Å². The Labute approximate surface area is 115 Å². The van der Waals surface area contributed by atoms with Gasteiger partial charge in [0.15, 0.2) is 0 Å². The zero-order valence-electron chi connectivity index (χ0n) is 11.8. The first-order valence-electron chi connectivity index (χ1n) is 6.78. The average molecular weight is 260 g/mol. The monoisotopic (exact) mass is 260 g/mol. The van der Waals surface area contributed by atoms with Gasteiger partial charge in [0.25, 0.3) is 0 Å². The van der Waals surface area contributed by atoms with Crippen LogP contribution in [0.3, 0.4) is 0 Å². The fraction of sp³-hybridized carbons (Fsp3) is 0.294. The molecule has 0 aliphatic carbocycles. The summed E-state index contributed by atoms with van der Waals surface area (Å²) in [6.45, 7) is 6.81. The van der Waals surface area contributed by atoms with Crippen LogP contribution in [-0.2, 0) is 0 Å². The molecule has 0 saturated heterocycles. The molecular weight excluding hydrogens is 239 g/mol. The van der Waals surface area contributed by atoms with E-state index >= 15 is 0 Å². The Kier molecular flexibility index (Phi) is 6.65. The van der Waals surface area contributed by atoms with Crippen LogP contribution in [0.5, 0.6) is 5.75 Å². The summed E-state index contributed by atoms with van der Waals surface area (Å²) in [4.78, 5) is 0. The van der Waals surface area contributed by atoms with Crippen molar-refractivity contribution >= 4 is 0 Å². The van der Waals surface area contributed by atoms with Gasteiger partial charge < -0.3 is 4.74 Å². The Bertz CT molecular complexity index is 460. The fourth-order valence-corrected chi connectivity index (χ4v) is 1.61. The third-order valence-electron chi connectivity index (χ3n) is 2.50. The summed E-state index contributed by atoms with van der Waals surface area (Å²) >= 11 is 0. The highest BCUT2D eigenvalue weighted by Crippen LogP contribution is 2.22. The number of benzene rings is 2. The van der Waals surface area contributed by atoms with Gasteiger partial charge in [-0.2, -0.15) is 0 Å². The van der Waals surface area contributed by atoms with Gasteiger partial charge in [-0.25, -0.2) is 4.39 Å². The Morgan fingerprint density at radius 2 is 1.32 bits per heavy atom. The summed E-state index contributed by atoms with van der Waals surface area (Å²) < 4.78 is 18.3. The number of rotatable bonds is 4. The minimum atomic E-state index is -0.211. The number of halogens is 1. The predicted octanol–water partition coefficient (Wildman–Crippen LogP) is 5.31. The van der Waals surface area contributed by atoms with Crippen LogP contribution in [0.25, 0.3) is 11.1 Å². The first-order chi connectivity index (χ1) is 9.29. The zero-order valence-corrected chi connectivity index (χ0v) is 11.8. The average Bonchev–Trinajstić information content (AvgIpc) is 2.49. The Balaban J connectivity index is 0.000000861. The van der Waals surface area contributed by atoms with Gasteiger partial charge in [-0.1, -0.05) is 45.0 Å². The van der Waals surface area contributed by atoms with Gasteiger partial charge in [-0.3, -0.25) is 0 Å². The van der Waals surface area contributed by atoms with Crippen LogP contribution in [0, 0.1) is 5.82 Å². The van der Waals surface area contributed by atoms with Crippen LogP contribution in [0.2, 0.25) is 0 Å². The molecule has 0 atom stereocenters. The number of hydrogen-bond acceptors (Lipinski definition) is 1. The molecule has 2 rings (SSSR count). The quantitative estimate of drug-likeness (QED) is 0.724. The van der Waals surface area contributed by atoms with Crippen molar-refractivity contribution in [3.05, 3.63) is 54.3 Å². The molecule has 0 fully saturated rings. The molecule has 0 radical (unpaired) electrons. The van der Waals surface area contributed by atoms with Crippen molar-refractivity contribution in [2.24, 2.45) is 0 Å². The molecule has 0 bridgehead atoms. The number of ether oxygens (including phenoxy) is 1. The molecule has 102 valence electrons. The molecule has 0 aliphatic heterocycles. The molecular formula is C17H21FO. The molecule has 19 heavy (non-hydrogen) atoms. The van der Waals surface area contributed by atoms with Crippen LogP contribution in [0.4, 0.5) is 4.39 Å².